The van der Waals surface area contributed by atoms with Gasteiger partial charge in [0.25, 0.3) is 0 Å². The minimum absolute atomic E-state index is 0.298. The Bertz CT molecular complexity index is 756. The van der Waals surface area contributed by atoms with Crippen molar-refractivity contribution in [1.29, 1.82) is 5.26 Å². The molecule has 0 N–H and O–H groups in total. The number of pyridine rings is 2. The molecule has 3 rings (SSSR count). The summed E-state index contributed by atoms with van der Waals surface area (Å²) in [6.45, 7) is 1.96. The van der Waals surface area contributed by atoms with E-state index in [9.17, 15) is 4.39 Å². The van der Waals surface area contributed by atoms with Crippen molar-refractivity contribution in [3.63, 3.8) is 0 Å². The molecule has 0 aliphatic carbocycles. The predicted octanol–water partition coefficient (Wildman–Crippen LogP) is 3.44. The average molecular weight is 347 g/mol. The van der Waals surface area contributed by atoms with Crippen LogP contribution >= 0.6 is 11.6 Å². The summed E-state index contributed by atoms with van der Waals surface area (Å²) in [5, 5.41) is 9.17. The highest BCUT2D eigenvalue weighted by Crippen LogP contribution is 2.25. The maximum Gasteiger partial charge on any atom is 0.214 e. The first-order chi connectivity index (χ1) is 11.7. The van der Waals surface area contributed by atoms with Crippen LogP contribution in [0.4, 0.5) is 10.2 Å². The number of nitrogens with zero attached hydrogens (tertiary/aromatic N) is 4. The van der Waals surface area contributed by atoms with Gasteiger partial charge in [-0.15, -0.1) is 0 Å². The van der Waals surface area contributed by atoms with Gasteiger partial charge in [0.05, 0.1) is 23.3 Å². The molecule has 1 fully saturated rings. The van der Waals surface area contributed by atoms with Crippen LogP contribution in [-0.4, -0.2) is 29.7 Å². The van der Waals surface area contributed by atoms with Gasteiger partial charge < -0.3 is 9.64 Å². The molecule has 0 saturated carbocycles. The fourth-order valence-corrected chi connectivity index (χ4v) is 2.86. The van der Waals surface area contributed by atoms with Gasteiger partial charge in [-0.25, -0.2) is 14.4 Å². The lowest BCUT2D eigenvalue weighted by molar-refractivity contribution is 0.215. The van der Waals surface area contributed by atoms with Crippen molar-refractivity contribution in [2.45, 2.75) is 12.8 Å². The molecular weight excluding hydrogens is 331 g/mol. The number of aromatic nitrogens is 2. The Morgan fingerprint density at radius 2 is 2.12 bits per heavy atom. The zero-order valence-electron chi connectivity index (χ0n) is 13.0. The summed E-state index contributed by atoms with van der Waals surface area (Å²) in [6.07, 6.45) is 4.78. The van der Waals surface area contributed by atoms with Gasteiger partial charge in [-0.1, -0.05) is 11.6 Å². The number of ether oxygens (including phenoxy) is 1. The second kappa shape index (κ2) is 7.45. The SMILES string of the molecule is N#Cc1ccnc(OCC2CCN(c3ncc(Cl)cc3F)CC2)c1. The largest absolute Gasteiger partial charge is 0.477 e. The fourth-order valence-electron chi connectivity index (χ4n) is 2.71. The van der Waals surface area contributed by atoms with E-state index in [0.29, 0.717) is 47.9 Å². The van der Waals surface area contributed by atoms with E-state index in [1.54, 1.807) is 18.3 Å². The number of piperidine rings is 1. The van der Waals surface area contributed by atoms with E-state index in [1.165, 1.54) is 12.3 Å². The molecular formula is C17H16ClFN4O. The van der Waals surface area contributed by atoms with E-state index in [-0.39, 0.29) is 0 Å². The van der Waals surface area contributed by atoms with Gasteiger partial charge >= 0.3 is 0 Å². The standard InChI is InChI=1S/C17H16ClFN4O/c18-14-8-15(19)17(22-10-14)23-5-2-12(3-6-23)11-24-16-7-13(9-20)1-4-21-16/h1,4,7-8,10,12H,2-3,5-6,11H2. The van der Waals surface area contributed by atoms with Crippen molar-refractivity contribution in [1.82, 2.24) is 9.97 Å². The maximum absolute atomic E-state index is 13.9. The predicted molar refractivity (Wildman–Crippen MR) is 88.6 cm³/mol. The first kappa shape index (κ1) is 16.5. The molecule has 1 aliphatic heterocycles. The third kappa shape index (κ3) is 3.92. The molecule has 0 spiro atoms. The number of hydrogen-bond donors (Lipinski definition) is 0. The van der Waals surface area contributed by atoms with Crippen molar-refractivity contribution in [2.75, 3.05) is 24.6 Å². The summed E-state index contributed by atoms with van der Waals surface area (Å²) in [5.74, 6) is 0.780. The second-order valence-corrected chi connectivity index (χ2v) is 6.13. The van der Waals surface area contributed by atoms with E-state index in [4.69, 9.17) is 21.6 Å². The number of anilines is 1. The third-order valence-corrected chi connectivity index (χ3v) is 4.24. The minimum Gasteiger partial charge on any atom is -0.477 e. The Labute approximate surface area is 144 Å². The van der Waals surface area contributed by atoms with Crippen molar-refractivity contribution in [2.24, 2.45) is 5.92 Å². The first-order valence-corrected chi connectivity index (χ1v) is 8.08. The summed E-state index contributed by atoms with van der Waals surface area (Å²) < 4.78 is 19.6. The van der Waals surface area contributed by atoms with Crippen LogP contribution in [0.2, 0.25) is 5.02 Å². The molecule has 0 amide bonds. The highest BCUT2D eigenvalue weighted by atomic mass is 35.5. The van der Waals surface area contributed by atoms with Crippen molar-refractivity contribution >= 4 is 17.4 Å². The van der Waals surface area contributed by atoms with Crippen molar-refractivity contribution in [3.05, 3.63) is 47.0 Å². The summed E-state index contributed by atoms with van der Waals surface area (Å²) >= 11 is 5.74. The molecule has 2 aromatic heterocycles. The third-order valence-electron chi connectivity index (χ3n) is 4.03. The highest BCUT2D eigenvalue weighted by molar-refractivity contribution is 6.30. The minimum atomic E-state index is -0.394. The molecule has 124 valence electrons. The normalized spacial score (nSPS) is 15.1. The van der Waals surface area contributed by atoms with Crippen LogP contribution in [0.5, 0.6) is 5.88 Å². The Morgan fingerprint density at radius 1 is 1.33 bits per heavy atom. The molecule has 0 bridgehead atoms. The van der Waals surface area contributed by atoms with E-state index in [2.05, 4.69) is 16.0 Å². The molecule has 0 radical (unpaired) electrons. The lowest BCUT2D eigenvalue weighted by Gasteiger charge is -2.32. The van der Waals surface area contributed by atoms with Gasteiger partial charge in [0.15, 0.2) is 11.6 Å². The lowest BCUT2D eigenvalue weighted by atomic mass is 9.98. The lowest BCUT2D eigenvalue weighted by Crippen LogP contribution is -2.36. The Kier molecular flexibility index (Phi) is 5.11. The molecule has 2 aromatic rings. The summed E-state index contributed by atoms with van der Waals surface area (Å²) in [7, 11) is 0. The summed E-state index contributed by atoms with van der Waals surface area (Å²) in [6, 6.07) is 6.61. The zero-order chi connectivity index (χ0) is 16.9. The molecule has 7 heteroatoms. The first-order valence-electron chi connectivity index (χ1n) is 7.70. The van der Waals surface area contributed by atoms with Gasteiger partial charge in [0.2, 0.25) is 5.88 Å². The highest BCUT2D eigenvalue weighted by Gasteiger charge is 2.23. The molecule has 3 heterocycles. The van der Waals surface area contributed by atoms with Gasteiger partial charge in [0.1, 0.15) is 0 Å². The average Bonchev–Trinajstić information content (AvgIpc) is 2.61. The summed E-state index contributed by atoms with van der Waals surface area (Å²) in [5.41, 5.74) is 0.527. The smallest absolute Gasteiger partial charge is 0.214 e. The van der Waals surface area contributed by atoms with Crippen LogP contribution in [0.15, 0.2) is 30.6 Å². The van der Waals surface area contributed by atoms with E-state index >= 15 is 0 Å². The fraction of sp³-hybridized carbons (Fsp3) is 0.353. The topological polar surface area (TPSA) is 62.0 Å². The Hall–Kier alpha value is -2.39. The van der Waals surface area contributed by atoms with Crippen LogP contribution in [-0.2, 0) is 0 Å². The van der Waals surface area contributed by atoms with E-state index < -0.39 is 5.82 Å². The number of rotatable bonds is 4. The monoisotopic (exact) mass is 346 g/mol. The molecule has 5 nitrogen and oxygen atoms in total. The molecule has 1 saturated heterocycles. The van der Waals surface area contributed by atoms with Crippen LogP contribution in [0.1, 0.15) is 18.4 Å². The maximum atomic E-state index is 13.9. The van der Waals surface area contributed by atoms with Gasteiger partial charge in [-0.3, -0.25) is 0 Å². The van der Waals surface area contributed by atoms with Gasteiger partial charge in [-0.05, 0) is 30.9 Å². The van der Waals surface area contributed by atoms with Crippen LogP contribution in [0.3, 0.4) is 0 Å². The van der Waals surface area contributed by atoms with E-state index in [1.807, 2.05) is 4.90 Å². The quantitative estimate of drug-likeness (QED) is 0.848. The number of halogens is 2. The molecule has 0 unspecified atom stereocenters. The molecule has 0 atom stereocenters. The van der Waals surface area contributed by atoms with E-state index in [0.717, 1.165) is 12.8 Å². The Balaban J connectivity index is 1.52. The Morgan fingerprint density at radius 3 is 2.83 bits per heavy atom. The van der Waals surface area contributed by atoms with Crippen LogP contribution in [0.25, 0.3) is 0 Å². The molecule has 1 aliphatic rings. The summed E-state index contributed by atoms with van der Waals surface area (Å²) in [4.78, 5) is 10.1. The van der Waals surface area contributed by atoms with Gasteiger partial charge in [0, 0.05) is 31.5 Å². The van der Waals surface area contributed by atoms with Crippen molar-refractivity contribution < 1.29 is 9.13 Å². The number of hydrogen-bond acceptors (Lipinski definition) is 5. The molecule has 0 aromatic carbocycles. The van der Waals surface area contributed by atoms with Crippen molar-refractivity contribution in [3.8, 4) is 11.9 Å². The van der Waals surface area contributed by atoms with Gasteiger partial charge in [-0.2, -0.15) is 5.26 Å². The molecule has 24 heavy (non-hydrogen) atoms. The second-order valence-electron chi connectivity index (χ2n) is 5.69. The van der Waals surface area contributed by atoms with Crippen LogP contribution in [0, 0.1) is 23.1 Å². The van der Waals surface area contributed by atoms with Crippen LogP contribution < -0.4 is 9.64 Å². The number of nitriles is 1. The zero-order valence-corrected chi connectivity index (χ0v) is 13.7.